The van der Waals surface area contributed by atoms with Crippen LogP contribution in [0.5, 0.6) is 11.5 Å². The number of nitrogens with one attached hydrogen (secondary N) is 2. The van der Waals surface area contributed by atoms with Gasteiger partial charge in [0.2, 0.25) is 5.91 Å². The van der Waals surface area contributed by atoms with Crippen LogP contribution in [0.15, 0.2) is 48.5 Å². The molecule has 0 spiro atoms. The van der Waals surface area contributed by atoms with Gasteiger partial charge in [0.1, 0.15) is 23.7 Å². The SMILES string of the molecule is COc1ccc(C2CCCCOC(CC(=O)NO)C(=O)Nc3ccccc3O2)cc1. The highest BCUT2D eigenvalue weighted by atomic mass is 16.5. The molecule has 0 aliphatic carbocycles. The van der Waals surface area contributed by atoms with Crippen molar-refractivity contribution >= 4 is 17.5 Å². The Kier molecular flexibility index (Phi) is 7.64. The lowest BCUT2D eigenvalue weighted by atomic mass is 10.0. The summed E-state index contributed by atoms with van der Waals surface area (Å²) in [5, 5.41) is 11.6. The van der Waals surface area contributed by atoms with E-state index in [1.807, 2.05) is 30.3 Å². The Morgan fingerprint density at radius 1 is 1.20 bits per heavy atom. The number of fused-ring (bicyclic) bond motifs is 1. The van der Waals surface area contributed by atoms with Gasteiger partial charge < -0.3 is 19.5 Å². The van der Waals surface area contributed by atoms with Crippen molar-refractivity contribution in [3.05, 3.63) is 54.1 Å². The molecular weight excluding hydrogens is 388 g/mol. The zero-order valence-corrected chi connectivity index (χ0v) is 16.8. The second kappa shape index (κ2) is 10.6. The van der Waals surface area contributed by atoms with E-state index in [4.69, 9.17) is 19.4 Å². The summed E-state index contributed by atoms with van der Waals surface area (Å²) in [6.07, 6.45) is 0.757. The minimum atomic E-state index is -1.01. The van der Waals surface area contributed by atoms with Gasteiger partial charge in [-0.1, -0.05) is 24.3 Å². The number of benzene rings is 2. The summed E-state index contributed by atoms with van der Waals surface area (Å²) in [6.45, 7) is 0.313. The van der Waals surface area contributed by atoms with Crippen molar-refractivity contribution in [1.29, 1.82) is 0 Å². The van der Waals surface area contributed by atoms with E-state index in [1.54, 1.807) is 25.3 Å². The molecule has 2 unspecified atom stereocenters. The number of hydrogen-bond acceptors (Lipinski definition) is 6. The van der Waals surface area contributed by atoms with Crippen LogP contribution in [0.2, 0.25) is 0 Å². The molecular formula is C22H26N2O6. The highest BCUT2D eigenvalue weighted by Gasteiger charge is 2.25. The summed E-state index contributed by atoms with van der Waals surface area (Å²) in [5.74, 6) is 0.131. The fourth-order valence-corrected chi connectivity index (χ4v) is 3.25. The Morgan fingerprint density at radius 3 is 2.70 bits per heavy atom. The minimum Gasteiger partial charge on any atom is -0.497 e. The van der Waals surface area contributed by atoms with Crippen LogP contribution in [0.25, 0.3) is 0 Å². The number of hydrogen-bond donors (Lipinski definition) is 3. The number of carbonyl (C=O) groups is 2. The van der Waals surface area contributed by atoms with Crippen molar-refractivity contribution in [2.45, 2.75) is 37.9 Å². The minimum absolute atomic E-state index is 0.204. The van der Waals surface area contributed by atoms with Gasteiger partial charge in [-0.15, -0.1) is 0 Å². The molecule has 2 atom stereocenters. The zero-order chi connectivity index (χ0) is 21.3. The molecule has 8 heteroatoms. The first kappa shape index (κ1) is 21.6. The average molecular weight is 414 g/mol. The molecule has 8 nitrogen and oxygen atoms in total. The lowest BCUT2D eigenvalue weighted by molar-refractivity contribution is -0.138. The summed E-state index contributed by atoms with van der Waals surface area (Å²) in [7, 11) is 1.62. The second-order valence-corrected chi connectivity index (χ2v) is 6.96. The molecule has 160 valence electrons. The molecule has 0 radical (unpaired) electrons. The molecule has 0 fully saturated rings. The maximum atomic E-state index is 12.7. The van der Waals surface area contributed by atoms with Crippen LogP contribution in [0.1, 0.15) is 37.4 Å². The van der Waals surface area contributed by atoms with Crippen LogP contribution >= 0.6 is 0 Å². The standard InChI is InChI=1S/C22H26N2O6/c1-28-16-11-9-15(10-12-16)18-7-4-5-13-29-20(14-21(25)24-27)22(26)23-17-6-2-3-8-19(17)30-18/h2-3,6,8-12,18,20,27H,4-5,7,13-14H2,1H3,(H,23,26)(H,24,25). The lowest BCUT2D eigenvalue weighted by Gasteiger charge is -2.24. The van der Waals surface area contributed by atoms with Gasteiger partial charge in [-0.2, -0.15) is 0 Å². The van der Waals surface area contributed by atoms with Gasteiger partial charge in [0, 0.05) is 6.61 Å². The third kappa shape index (κ3) is 5.71. The van der Waals surface area contributed by atoms with Gasteiger partial charge in [-0.25, -0.2) is 5.48 Å². The molecule has 2 aromatic carbocycles. The number of amides is 2. The summed E-state index contributed by atoms with van der Waals surface area (Å²) in [4.78, 5) is 24.2. The number of anilines is 1. The van der Waals surface area contributed by atoms with Crippen LogP contribution in [-0.2, 0) is 14.3 Å². The topological polar surface area (TPSA) is 106 Å². The number of ether oxygens (including phenoxy) is 3. The maximum absolute atomic E-state index is 12.7. The molecule has 30 heavy (non-hydrogen) atoms. The number of hydroxylamine groups is 1. The molecule has 1 aliphatic heterocycles. The van der Waals surface area contributed by atoms with Crippen LogP contribution in [0.4, 0.5) is 5.69 Å². The van der Waals surface area contributed by atoms with Crippen molar-refractivity contribution in [2.24, 2.45) is 0 Å². The summed E-state index contributed by atoms with van der Waals surface area (Å²) < 4.78 is 17.2. The van der Waals surface area contributed by atoms with E-state index in [0.717, 1.165) is 24.2 Å². The van der Waals surface area contributed by atoms with Gasteiger partial charge in [0.05, 0.1) is 19.2 Å². The highest BCUT2D eigenvalue weighted by molar-refractivity contribution is 5.97. The molecule has 1 heterocycles. The fourth-order valence-electron chi connectivity index (χ4n) is 3.25. The first-order valence-corrected chi connectivity index (χ1v) is 9.85. The third-order valence-corrected chi connectivity index (χ3v) is 4.87. The Labute approximate surface area is 175 Å². The molecule has 2 aromatic rings. The normalized spacial score (nSPS) is 19.9. The Balaban J connectivity index is 1.85. The lowest BCUT2D eigenvalue weighted by Crippen LogP contribution is -2.36. The predicted molar refractivity (Wildman–Crippen MR) is 110 cm³/mol. The Morgan fingerprint density at radius 2 is 1.97 bits per heavy atom. The number of para-hydroxylation sites is 2. The molecule has 3 rings (SSSR count). The fraction of sp³-hybridized carbons (Fsp3) is 0.364. The quantitative estimate of drug-likeness (QED) is 0.524. The number of rotatable bonds is 4. The van der Waals surface area contributed by atoms with E-state index in [9.17, 15) is 9.59 Å². The van der Waals surface area contributed by atoms with Gasteiger partial charge in [0.25, 0.3) is 5.91 Å². The number of carbonyl (C=O) groups excluding carboxylic acids is 2. The predicted octanol–water partition coefficient (Wildman–Crippen LogP) is 3.22. The van der Waals surface area contributed by atoms with E-state index in [2.05, 4.69) is 5.32 Å². The van der Waals surface area contributed by atoms with Gasteiger partial charge in [-0.05, 0) is 49.1 Å². The third-order valence-electron chi connectivity index (χ3n) is 4.87. The molecule has 0 bridgehead atoms. The van der Waals surface area contributed by atoms with Crippen molar-refractivity contribution in [2.75, 3.05) is 19.0 Å². The molecule has 1 aliphatic rings. The van der Waals surface area contributed by atoms with Crippen LogP contribution in [0.3, 0.4) is 0 Å². The molecule has 2 amide bonds. The highest BCUT2D eigenvalue weighted by Crippen LogP contribution is 2.33. The van der Waals surface area contributed by atoms with Crippen LogP contribution in [0, 0.1) is 0 Å². The summed E-state index contributed by atoms with van der Waals surface area (Å²) in [6, 6.07) is 14.8. The molecule has 0 aromatic heterocycles. The van der Waals surface area contributed by atoms with E-state index >= 15 is 0 Å². The maximum Gasteiger partial charge on any atom is 0.254 e. The van der Waals surface area contributed by atoms with Crippen molar-refractivity contribution in [3.8, 4) is 11.5 Å². The number of methoxy groups -OCH3 is 1. The monoisotopic (exact) mass is 414 g/mol. The summed E-state index contributed by atoms with van der Waals surface area (Å²) in [5.41, 5.74) is 3.03. The van der Waals surface area contributed by atoms with E-state index < -0.39 is 17.9 Å². The van der Waals surface area contributed by atoms with Crippen molar-refractivity contribution in [3.63, 3.8) is 0 Å². The van der Waals surface area contributed by atoms with E-state index in [-0.39, 0.29) is 12.5 Å². The van der Waals surface area contributed by atoms with Crippen molar-refractivity contribution < 1.29 is 29.0 Å². The van der Waals surface area contributed by atoms with Crippen molar-refractivity contribution in [1.82, 2.24) is 5.48 Å². The zero-order valence-electron chi connectivity index (χ0n) is 16.8. The average Bonchev–Trinajstić information content (AvgIpc) is 2.77. The largest absolute Gasteiger partial charge is 0.497 e. The summed E-state index contributed by atoms with van der Waals surface area (Å²) >= 11 is 0. The first-order chi connectivity index (χ1) is 14.6. The molecule has 3 N–H and O–H groups in total. The Bertz CT molecular complexity index is 855. The van der Waals surface area contributed by atoms with Gasteiger partial charge in [0.15, 0.2) is 0 Å². The first-order valence-electron chi connectivity index (χ1n) is 9.85. The van der Waals surface area contributed by atoms with Crippen LogP contribution in [-0.4, -0.2) is 36.8 Å². The Hall–Kier alpha value is -3.10. The smallest absolute Gasteiger partial charge is 0.254 e. The second-order valence-electron chi connectivity index (χ2n) is 6.96. The van der Waals surface area contributed by atoms with E-state index in [1.165, 1.54) is 5.48 Å². The van der Waals surface area contributed by atoms with Crippen LogP contribution < -0.4 is 20.3 Å². The molecule has 0 saturated carbocycles. The van der Waals surface area contributed by atoms with Gasteiger partial charge >= 0.3 is 0 Å². The molecule has 0 saturated heterocycles. The van der Waals surface area contributed by atoms with E-state index in [0.29, 0.717) is 24.5 Å². The van der Waals surface area contributed by atoms with Gasteiger partial charge in [-0.3, -0.25) is 14.8 Å².